The molecule has 4 heteroatoms. The van der Waals surface area contributed by atoms with Gasteiger partial charge in [-0.05, 0) is 31.4 Å². The fraction of sp³-hybridized carbons (Fsp3) is 0.700. The van der Waals surface area contributed by atoms with Crippen molar-refractivity contribution in [2.45, 2.75) is 24.8 Å². The molecule has 1 heterocycles. The second-order valence-corrected chi connectivity index (χ2v) is 4.14. The van der Waals surface area contributed by atoms with Gasteiger partial charge in [-0.2, -0.15) is 5.10 Å². The van der Waals surface area contributed by atoms with E-state index >= 15 is 0 Å². The van der Waals surface area contributed by atoms with Crippen LogP contribution < -0.4 is 5.32 Å². The van der Waals surface area contributed by atoms with Gasteiger partial charge >= 0.3 is 0 Å². The largest absolute Gasteiger partial charge is 0.394 e. The molecule has 78 valence electrons. The number of aliphatic hydroxyl groups is 1. The molecule has 1 aliphatic carbocycles. The maximum Gasteiger partial charge on any atom is 0.0613 e. The van der Waals surface area contributed by atoms with Crippen LogP contribution in [-0.2, 0) is 13.5 Å². The second kappa shape index (κ2) is 3.71. The van der Waals surface area contributed by atoms with Crippen LogP contribution in [0, 0.1) is 0 Å². The Morgan fingerprint density at radius 1 is 1.64 bits per heavy atom. The molecule has 1 aromatic rings. The predicted octanol–water partition coefficient (Wildman–Crippen LogP) is 0.0771. The van der Waals surface area contributed by atoms with E-state index < -0.39 is 0 Å². The lowest BCUT2D eigenvalue weighted by molar-refractivity contribution is 0.231. The molecule has 4 nitrogen and oxygen atoms in total. The summed E-state index contributed by atoms with van der Waals surface area (Å²) in [7, 11) is 1.92. The maximum atomic E-state index is 9.08. The Kier molecular flexibility index (Phi) is 2.56. The Labute approximate surface area is 83.9 Å². The Bertz CT molecular complexity index is 304. The zero-order valence-corrected chi connectivity index (χ0v) is 8.53. The van der Waals surface area contributed by atoms with Gasteiger partial charge in [-0.15, -0.1) is 0 Å². The van der Waals surface area contributed by atoms with Gasteiger partial charge in [0, 0.05) is 18.8 Å². The van der Waals surface area contributed by atoms with E-state index in [0.29, 0.717) is 0 Å². The molecule has 2 N–H and O–H groups in total. The third kappa shape index (κ3) is 2.13. The van der Waals surface area contributed by atoms with Crippen LogP contribution in [0.4, 0.5) is 0 Å². The van der Waals surface area contributed by atoms with Crippen LogP contribution in [0.1, 0.15) is 18.4 Å². The van der Waals surface area contributed by atoms with E-state index in [0.717, 1.165) is 25.8 Å². The van der Waals surface area contributed by atoms with Crippen molar-refractivity contribution in [2.75, 3.05) is 13.2 Å². The van der Waals surface area contributed by atoms with Crippen LogP contribution in [0.2, 0.25) is 0 Å². The van der Waals surface area contributed by atoms with Crippen LogP contribution in [0.3, 0.4) is 0 Å². The van der Waals surface area contributed by atoms with Gasteiger partial charge in [-0.25, -0.2) is 0 Å². The fourth-order valence-electron chi connectivity index (χ4n) is 1.61. The third-order valence-electron chi connectivity index (χ3n) is 2.83. The van der Waals surface area contributed by atoms with Crippen molar-refractivity contribution in [2.24, 2.45) is 7.05 Å². The van der Waals surface area contributed by atoms with E-state index in [9.17, 15) is 0 Å². The van der Waals surface area contributed by atoms with E-state index in [4.69, 9.17) is 5.11 Å². The highest BCUT2D eigenvalue weighted by Gasteiger charge is 2.41. The van der Waals surface area contributed by atoms with Crippen LogP contribution >= 0.6 is 0 Å². The number of aliphatic hydroxyl groups excluding tert-OH is 1. The third-order valence-corrected chi connectivity index (χ3v) is 2.83. The van der Waals surface area contributed by atoms with Gasteiger partial charge in [-0.3, -0.25) is 4.68 Å². The van der Waals surface area contributed by atoms with Crippen molar-refractivity contribution in [3.63, 3.8) is 0 Å². The van der Waals surface area contributed by atoms with Gasteiger partial charge in [0.25, 0.3) is 0 Å². The average Bonchev–Trinajstić information content (AvgIpc) is 2.84. The summed E-state index contributed by atoms with van der Waals surface area (Å²) in [6.07, 6.45) is 7.11. The zero-order chi connectivity index (χ0) is 10.0. The molecule has 0 radical (unpaired) electrons. The first kappa shape index (κ1) is 9.68. The van der Waals surface area contributed by atoms with Gasteiger partial charge in [0.2, 0.25) is 0 Å². The molecule has 0 aliphatic heterocycles. The summed E-state index contributed by atoms with van der Waals surface area (Å²) in [6, 6.07) is 0. The molecule has 0 aromatic carbocycles. The monoisotopic (exact) mass is 195 g/mol. The van der Waals surface area contributed by atoms with E-state index in [1.165, 1.54) is 5.56 Å². The minimum atomic E-state index is 0.0577. The van der Waals surface area contributed by atoms with Gasteiger partial charge < -0.3 is 10.4 Å². The first-order valence-corrected chi connectivity index (χ1v) is 5.07. The number of nitrogens with zero attached hydrogens (tertiary/aromatic N) is 2. The molecule has 0 amide bonds. The lowest BCUT2D eigenvalue weighted by Gasteiger charge is -2.13. The van der Waals surface area contributed by atoms with Crippen molar-refractivity contribution in [1.29, 1.82) is 0 Å². The molecule has 1 aliphatic rings. The minimum absolute atomic E-state index is 0.0577. The highest BCUT2D eigenvalue weighted by molar-refractivity contribution is 5.06. The van der Waals surface area contributed by atoms with Crippen molar-refractivity contribution < 1.29 is 5.11 Å². The summed E-state index contributed by atoms with van der Waals surface area (Å²) in [5, 5.41) is 16.6. The molecule has 14 heavy (non-hydrogen) atoms. The first-order chi connectivity index (χ1) is 6.74. The van der Waals surface area contributed by atoms with Crippen molar-refractivity contribution >= 4 is 0 Å². The highest BCUT2D eigenvalue weighted by Crippen LogP contribution is 2.34. The molecule has 2 rings (SSSR count). The molecule has 0 atom stereocenters. The van der Waals surface area contributed by atoms with Gasteiger partial charge in [0.15, 0.2) is 0 Å². The summed E-state index contributed by atoms with van der Waals surface area (Å²) in [4.78, 5) is 0. The number of hydrogen-bond acceptors (Lipinski definition) is 3. The van der Waals surface area contributed by atoms with Crippen molar-refractivity contribution in [1.82, 2.24) is 15.1 Å². The topological polar surface area (TPSA) is 50.1 Å². The summed E-state index contributed by atoms with van der Waals surface area (Å²) in [6.45, 7) is 1.19. The number of nitrogens with one attached hydrogen (secondary N) is 1. The first-order valence-electron chi connectivity index (χ1n) is 5.07. The smallest absolute Gasteiger partial charge is 0.0613 e. The highest BCUT2D eigenvalue weighted by atomic mass is 16.3. The molecule has 0 bridgehead atoms. The summed E-state index contributed by atoms with van der Waals surface area (Å²) in [5.74, 6) is 0. The second-order valence-electron chi connectivity index (χ2n) is 4.14. The van der Waals surface area contributed by atoms with Crippen molar-refractivity contribution in [3.05, 3.63) is 18.0 Å². The molecule has 0 unspecified atom stereocenters. The van der Waals surface area contributed by atoms with Gasteiger partial charge in [-0.1, -0.05) is 0 Å². The lowest BCUT2D eigenvalue weighted by atomic mass is 10.2. The van der Waals surface area contributed by atoms with E-state index in [1.54, 1.807) is 0 Å². The Balaban J connectivity index is 1.73. The molecule has 0 saturated heterocycles. The van der Waals surface area contributed by atoms with Gasteiger partial charge in [0.1, 0.15) is 0 Å². The number of aryl methyl sites for hydroxylation is 1. The molecule has 1 aromatic heterocycles. The summed E-state index contributed by atoms with van der Waals surface area (Å²) in [5.41, 5.74) is 1.30. The lowest BCUT2D eigenvalue weighted by Crippen LogP contribution is -2.36. The van der Waals surface area contributed by atoms with E-state index in [2.05, 4.69) is 10.4 Å². The number of hydrogen-bond donors (Lipinski definition) is 2. The summed E-state index contributed by atoms with van der Waals surface area (Å²) < 4.78 is 1.81. The number of aromatic nitrogens is 2. The Hall–Kier alpha value is -0.870. The molecule has 0 spiro atoms. The summed E-state index contributed by atoms with van der Waals surface area (Å²) >= 11 is 0. The molecule has 1 saturated carbocycles. The quantitative estimate of drug-likeness (QED) is 0.699. The van der Waals surface area contributed by atoms with E-state index in [1.807, 2.05) is 24.1 Å². The standard InChI is InChI=1S/C10H17N3O/c1-13-7-9(6-12-13)2-5-11-10(8-14)3-4-10/h6-7,11,14H,2-5,8H2,1H3. The molecule has 1 fully saturated rings. The van der Waals surface area contributed by atoms with Crippen LogP contribution in [-0.4, -0.2) is 33.6 Å². The fourth-order valence-corrected chi connectivity index (χ4v) is 1.61. The Morgan fingerprint density at radius 3 is 2.93 bits per heavy atom. The normalized spacial score (nSPS) is 18.4. The SMILES string of the molecule is Cn1cc(CCNC2(CO)CC2)cn1. The average molecular weight is 195 g/mol. The van der Waals surface area contributed by atoms with Crippen LogP contribution in [0.25, 0.3) is 0 Å². The Morgan fingerprint density at radius 2 is 2.43 bits per heavy atom. The van der Waals surface area contributed by atoms with Gasteiger partial charge in [0.05, 0.1) is 12.8 Å². The maximum absolute atomic E-state index is 9.08. The minimum Gasteiger partial charge on any atom is -0.394 e. The molecular weight excluding hydrogens is 178 g/mol. The van der Waals surface area contributed by atoms with Crippen LogP contribution in [0.15, 0.2) is 12.4 Å². The predicted molar refractivity (Wildman–Crippen MR) is 54.0 cm³/mol. The van der Waals surface area contributed by atoms with Crippen LogP contribution in [0.5, 0.6) is 0 Å². The number of rotatable bonds is 5. The van der Waals surface area contributed by atoms with E-state index in [-0.39, 0.29) is 12.1 Å². The molecular formula is C10H17N3O. The van der Waals surface area contributed by atoms with Crippen molar-refractivity contribution in [3.8, 4) is 0 Å². The zero-order valence-electron chi connectivity index (χ0n) is 8.53.